The number of nitrogens with two attached hydrogens (primary N) is 1. The minimum absolute atomic E-state index is 0.340. The van der Waals surface area contributed by atoms with E-state index >= 15 is 0 Å². The molecule has 0 atom stereocenters. The molecule has 90 valence electrons. The minimum Gasteiger partial charge on any atom is -0.462 e. The number of esters is 1. The Morgan fingerprint density at radius 1 is 1.56 bits per heavy atom. The van der Waals surface area contributed by atoms with Crippen molar-refractivity contribution in [1.82, 2.24) is 9.78 Å². The van der Waals surface area contributed by atoms with Crippen LogP contribution in [0.1, 0.15) is 36.8 Å². The van der Waals surface area contributed by atoms with E-state index in [1.54, 1.807) is 18.5 Å². The van der Waals surface area contributed by atoms with Crippen LogP contribution < -0.4 is 5.73 Å². The maximum absolute atomic E-state index is 11.6. The van der Waals surface area contributed by atoms with Crippen molar-refractivity contribution in [2.45, 2.75) is 34.2 Å². The first-order valence-electron chi connectivity index (χ1n) is 5.47. The second-order valence-corrected chi connectivity index (χ2v) is 4.14. The lowest BCUT2D eigenvalue weighted by Crippen LogP contribution is -2.12. The van der Waals surface area contributed by atoms with Crippen LogP contribution in [0.2, 0.25) is 0 Å². The lowest BCUT2D eigenvalue weighted by Gasteiger charge is -2.07. The molecule has 5 nitrogen and oxygen atoms in total. The van der Waals surface area contributed by atoms with E-state index in [0.29, 0.717) is 36.1 Å². The molecule has 16 heavy (non-hydrogen) atoms. The zero-order valence-electron chi connectivity index (χ0n) is 10.3. The molecule has 0 saturated heterocycles. The standard InChI is InChI=1S/C11H19N3O2/c1-5-16-11(15)9-8(4)13-14(10(9)12)6-7(2)3/h7H,5-6,12H2,1-4H3. The molecule has 0 spiro atoms. The summed E-state index contributed by atoms with van der Waals surface area (Å²) in [5.41, 5.74) is 6.90. The first kappa shape index (κ1) is 12.5. The molecule has 0 aliphatic heterocycles. The molecule has 0 amide bonds. The number of aryl methyl sites for hydroxylation is 1. The first-order valence-corrected chi connectivity index (χ1v) is 5.47. The summed E-state index contributed by atoms with van der Waals surface area (Å²) in [6.07, 6.45) is 0. The van der Waals surface area contributed by atoms with Crippen molar-refractivity contribution < 1.29 is 9.53 Å². The Bertz CT molecular complexity index is 383. The van der Waals surface area contributed by atoms with Crippen LogP contribution >= 0.6 is 0 Å². The molecular formula is C11H19N3O2. The van der Waals surface area contributed by atoms with Crippen LogP contribution in [0.5, 0.6) is 0 Å². The summed E-state index contributed by atoms with van der Waals surface area (Å²) >= 11 is 0. The van der Waals surface area contributed by atoms with Gasteiger partial charge in [0.05, 0.1) is 12.3 Å². The Hall–Kier alpha value is -1.52. The van der Waals surface area contributed by atoms with E-state index in [1.165, 1.54) is 0 Å². The van der Waals surface area contributed by atoms with Crippen molar-refractivity contribution in [2.75, 3.05) is 12.3 Å². The highest BCUT2D eigenvalue weighted by molar-refractivity contribution is 5.95. The van der Waals surface area contributed by atoms with Gasteiger partial charge in [0.25, 0.3) is 0 Å². The molecule has 0 fully saturated rings. The van der Waals surface area contributed by atoms with Gasteiger partial charge in [0.1, 0.15) is 11.4 Å². The van der Waals surface area contributed by atoms with Gasteiger partial charge in [-0.05, 0) is 19.8 Å². The molecule has 0 aliphatic rings. The van der Waals surface area contributed by atoms with Gasteiger partial charge in [-0.1, -0.05) is 13.8 Å². The highest BCUT2D eigenvalue weighted by Gasteiger charge is 2.20. The fourth-order valence-electron chi connectivity index (χ4n) is 1.54. The fraction of sp³-hybridized carbons (Fsp3) is 0.636. The number of carbonyl (C=O) groups is 1. The van der Waals surface area contributed by atoms with Crippen LogP contribution in [0.15, 0.2) is 0 Å². The normalized spacial score (nSPS) is 10.8. The maximum Gasteiger partial charge on any atom is 0.343 e. The van der Waals surface area contributed by atoms with Crippen LogP contribution in [-0.4, -0.2) is 22.4 Å². The van der Waals surface area contributed by atoms with Crippen molar-refractivity contribution in [3.05, 3.63) is 11.3 Å². The van der Waals surface area contributed by atoms with Gasteiger partial charge in [-0.25, -0.2) is 9.48 Å². The summed E-state index contributed by atoms with van der Waals surface area (Å²) < 4.78 is 6.59. The topological polar surface area (TPSA) is 70.1 Å². The summed E-state index contributed by atoms with van der Waals surface area (Å²) in [4.78, 5) is 11.6. The summed E-state index contributed by atoms with van der Waals surface area (Å²) in [5.74, 6) is 0.425. The smallest absolute Gasteiger partial charge is 0.343 e. The Balaban J connectivity index is 3.02. The number of rotatable bonds is 4. The molecule has 5 heteroatoms. The number of hydrogen-bond acceptors (Lipinski definition) is 4. The Morgan fingerprint density at radius 2 is 2.19 bits per heavy atom. The third kappa shape index (κ3) is 2.53. The molecule has 1 rings (SSSR count). The van der Waals surface area contributed by atoms with Gasteiger partial charge < -0.3 is 10.5 Å². The van der Waals surface area contributed by atoms with E-state index in [2.05, 4.69) is 18.9 Å². The zero-order chi connectivity index (χ0) is 12.3. The Kier molecular flexibility index (Phi) is 3.93. The van der Waals surface area contributed by atoms with Crippen LogP contribution in [0.25, 0.3) is 0 Å². The number of anilines is 1. The van der Waals surface area contributed by atoms with E-state index in [4.69, 9.17) is 10.5 Å². The summed E-state index contributed by atoms with van der Waals surface area (Å²) in [5, 5.41) is 4.24. The van der Waals surface area contributed by atoms with Gasteiger partial charge in [0.2, 0.25) is 0 Å². The van der Waals surface area contributed by atoms with Gasteiger partial charge in [-0.3, -0.25) is 0 Å². The van der Waals surface area contributed by atoms with Gasteiger partial charge >= 0.3 is 5.97 Å². The molecule has 0 aliphatic carbocycles. The number of carbonyl (C=O) groups excluding carboxylic acids is 1. The summed E-state index contributed by atoms with van der Waals surface area (Å²) in [6, 6.07) is 0. The van der Waals surface area contributed by atoms with Crippen LogP contribution in [0, 0.1) is 12.8 Å². The molecule has 0 bridgehead atoms. The van der Waals surface area contributed by atoms with Gasteiger partial charge in [-0.2, -0.15) is 5.10 Å². The molecule has 1 heterocycles. The van der Waals surface area contributed by atoms with E-state index in [-0.39, 0.29) is 0 Å². The lowest BCUT2D eigenvalue weighted by molar-refractivity contribution is 0.0526. The van der Waals surface area contributed by atoms with Crippen molar-refractivity contribution in [2.24, 2.45) is 5.92 Å². The Labute approximate surface area is 95.6 Å². The average Bonchev–Trinajstić information content (AvgIpc) is 2.41. The SMILES string of the molecule is CCOC(=O)c1c(C)nn(CC(C)C)c1N. The van der Waals surface area contributed by atoms with Crippen molar-refractivity contribution in [1.29, 1.82) is 0 Å². The Morgan fingerprint density at radius 3 is 2.69 bits per heavy atom. The predicted octanol–water partition coefficient (Wildman–Crippen LogP) is 1.61. The molecule has 2 N–H and O–H groups in total. The molecule has 0 unspecified atom stereocenters. The van der Waals surface area contributed by atoms with Gasteiger partial charge in [-0.15, -0.1) is 0 Å². The minimum atomic E-state index is -0.396. The predicted molar refractivity (Wildman–Crippen MR) is 62.2 cm³/mol. The molecule has 1 aromatic rings. The van der Waals surface area contributed by atoms with Crippen molar-refractivity contribution in [3.63, 3.8) is 0 Å². The van der Waals surface area contributed by atoms with E-state index in [1.807, 2.05) is 0 Å². The third-order valence-corrected chi connectivity index (χ3v) is 2.18. The quantitative estimate of drug-likeness (QED) is 0.790. The summed E-state index contributed by atoms with van der Waals surface area (Å²) in [7, 11) is 0. The molecule has 0 aromatic carbocycles. The zero-order valence-corrected chi connectivity index (χ0v) is 10.3. The largest absolute Gasteiger partial charge is 0.462 e. The second kappa shape index (κ2) is 5.01. The molecule has 1 aromatic heterocycles. The monoisotopic (exact) mass is 225 g/mol. The number of ether oxygens (including phenoxy) is 1. The van der Waals surface area contributed by atoms with Crippen LogP contribution in [0.3, 0.4) is 0 Å². The van der Waals surface area contributed by atoms with Gasteiger partial charge in [0, 0.05) is 6.54 Å². The third-order valence-electron chi connectivity index (χ3n) is 2.18. The second-order valence-electron chi connectivity index (χ2n) is 4.14. The van der Waals surface area contributed by atoms with Crippen molar-refractivity contribution >= 4 is 11.8 Å². The number of aromatic nitrogens is 2. The summed E-state index contributed by atoms with van der Waals surface area (Å²) in [6.45, 7) is 8.71. The highest BCUT2D eigenvalue weighted by atomic mass is 16.5. The number of hydrogen-bond donors (Lipinski definition) is 1. The van der Waals surface area contributed by atoms with E-state index in [9.17, 15) is 4.79 Å². The highest BCUT2D eigenvalue weighted by Crippen LogP contribution is 2.18. The number of nitrogen functional groups attached to an aromatic ring is 1. The number of nitrogens with zero attached hydrogens (tertiary/aromatic N) is 2. The van der Waals surface area contributed by atoms with Crippen LogP contribution in [-0.2, 0) is 11.3 Å². The van der Waals surface area contributed by atoms with E-state index < -0.39 is 5.97 Å². The first-order chi connectivity index (χ1) is 7.47. The van der Waals surface area contributed by atoms with Crippen LogP contribution in [0.4, 0.5) is 5.82 Å². The maximum atomic E-state index is 11.6. The van der Waals surface area contributed by atoms with Crippen molar-refractivity contribution in [3.8, 4) is 0 Å². The molecule has 0 radical (unpaired) electrons. The molecule has 0 saturated carbocycles. The average molecular weight is 225 g/mol. The van der Waals surface area contributed by atoms with Gasteiger partial charge in [0.15, 0.2) is 0 Å². The lowest BCUT2D eigenvalue weighted by atomic mass is 10.2. The fourth-order valence-corrected chi connectivity index (χ4v) is 1.54. The molecular weight excluding hydrogens is 206 g/mol. The van der Waals surface area contributed by atoms with E-state index in [0.717, 1.165) is 0 Å².